The first-order chi connectivity index (χ1) is 14.5. The zero-order valence-corrected chi connectivity index (χ0v) is 17.9. The highest BCUT2D eigenvalue weighted by molar-refractivity contribution is 6.01. The van der Waals surface area contributed by atoms with Gasteiger partial charge in [-0.05, 0) is 45.3 Å². The molecule has 1 aromatic carbocycles. The Kier molecular flexibility index (Phi) is 5.84. The summed E-state index contributed by atoms with van der Waals surface area (Å²) >= 11 is 0. The highest BCUT2D eigenvalue weighted by atomic mass is 16.1. The number of carbonyl (C=O) groups is 1. The first kappa shape index (κ1) is 20.1. The molecule has 0 radical (unpaired) electrons. The van der Waals surface area contributed by atoms with Gasteiger partial charge in [0.2, 0.25) is 5.91 Å². The maximum absolute atomic E-state index is 12.5. The Morgan fingerprint density at radius 3 is 2.60 bits per heavy atom. The summed E-state index contributed by atoms with van der Waals surface area (Å²) in [5, 5.41) is 12.1. The van der Waals surface area contributed by atoms with Crippen LogP contribution in [-0.4, -0.2) is 25.5 Å². The van der Waals surface area contributed by atoms with E-state index in [2.05, 4.69) is 46.7 Å². The van der Waals surface area contributed by atoms with Crippen LogP contribution in [0.2, 0.25) is 0 Å². The monoisotopic (exact) mass is 403 g/mol. The summed E-state index contributed by atoms with van der Waals surface area (Å²) in [5.41, 5.74) is 5.41. The number of rotatable bonds is 6. The van der Waals surface area contributed by atoms with Crippen molar-refractivity contribution in [3.8, 4) is 0 Å². The zero-order valence-electron chi connectivity index (χ0n) is 17.9. The lowest BCUT2D eigenvalue weighted by Crippen LogP contribution is -2.15. The molecule has 6 nitrogen and oxygen atoms in total. The van der Waals surface area contributed by atoms with E-state index < -0.39 is 0 Å². The van der Waals surface area contributed by atoms with Crippen LogP contribution < -0.4 is 5.32 Å². The Morgan fingerprint density at radius 2 is 1.87 bits per heavy atom. The lowest BCUT2D eigenvalue weighted by molar-refractivity contribution is -0.111. The van der Waals surface area contributed by atoms with Crippen molar-refractivity contribution in [2.24, 2.45) is 0 Å². The molecule has 2 heterocycles. The summed E-state index contributed by atoms with van der Waals surface area (Å²) in [7, 11) is 0. The fourth-order valence-corrected chi connectivity index (χ4v) is 4.15. The van der Waals surface area contributed by atoms with Crippen LogP contribution in [0.1, 0.15) is 59.8 Å². The molecule has 0 bridgehead atoms. The third kappa shape index (κ3) is 4.37. The molecule has 6 heteroatoms. The molecule has 3 aromatic rings. The second-order valence-corrected chi connectivity index (χ2v) is 8.15. The molecule has 1 saturated carbocycles. The Labute approximate surface area is 177 Å². The molecule has 1 aliphatic carbocycles. The first-order valence-electron chi connectivity index (χ1n) is 10.6. The molecule has 156 valence electrons. The molecule has 0 atom stereocenters. The van der Waals surface area contributed by atoms with E-state index in [1.54, 1.807) is 12.3 Å². The Morgan fingerprint density at radius 1 is 1.13 bits per heavy atom. The average molecular weight is 404 g/mol. The van der Waals surface area contributed by atoms with Crippen molar-refractivity contribution in [1.82, 2.24) is 19.6 Å². The molecule has 30 heavy (non-hydrogen) atoms. The van der Waals surface area contributed by atoms with Crippen LogP contribution in [0.4, 0.5) is 5.82 Å². The van der Waals surface area contributed by atoms with Crippen molar-refractivity contribution in [3.63, 3.8) is 0 Å². The molecular formula is C24H29N5O. The second-order valence-electron chi connectivity index (χ2n) is 8.15. The van der Waals surface area contributed by atoms with Gasteiger partial charge in [-0.15, -0.1) is 0 Å². The highest BCUT2D eigenvalue weighted by Crippen LogP contribution is 2.31. The second kappa shape index (κ2) is 8.69. The molecule has 1 N–H and O–H groups in total. The molecule has 1 aliphatic rings. The molecule has 0 saturated heterocycles. The number of nitrogens with zero attached hydrogens (tertiary/aromatic N) is 4. The predicted octanol–water partition coefficient (Wildman–Crippen LogP) is 4.82. The smallest absolute Gasteiger partial charge is 0.249 e. The topological polar surface area (TPSA) is 64.7 Å². The predicted molar refractivity (Wildman–Crippen MR) is 119 cm³/mol. The van der Waals surface area contributed by atoms with Crippen molar-refractivity contribution in [2.75, 3.05) is 5.32 Å². The minimum atomic E-state index is -0.153. The van der Waals surface area contributed by atoms with Crippen LogP contribution in [0.15, 0.2) is 42.6 Å². The van der Waals surface area contributed by atoms with Gasteiger partial charge in [0.15, 0.2) is 0 Å². The van der Waals surface area contributed by atoms with Gasteiger partial charge in [-0.1, -0.05) is 42.7 Å². The highest BCUT2D eigenvalue weighted by Gasteiger charge is 2.20. The number of aryl methyl sites for hydroxylation is 2. The molecule has 4 rings (SSSR count). The van der Waals surface area contributed by atoms with E-state index in [0.717, 1.165) is 35.6 Å². The third-order valence-corrected chi connectivity index (χ3v) is 5.88. The average Bonchev–Trinajstić information content (AvgIpc) is 3.45. The SMILES string of the molecule is Cc1ccc(Cn2nc(C)c(/C=C/C(=O)Nc3ccnn3C3CCCC3)c2C)cc1. The maximum Gasteiger partial charge on any atom is 0.249 e. The van der Waals surface area contributed by atoms with Gasteiger partial charge in [-0.25, -0.2) is 4.68 Å². The molecule has 0 aliphatic heterocycles. The first-order valence-corrected chi connectivity index (χ1v) is 10.6. The number of nitrogens with one attached hydrogen (secondary N) is 1. The van der Waals surface area contributed by atoms with Gasteiger partial charge in [-0.2, -0.15) is 10.2 Å². The summed E-state index contributed by atoms with van der Waals surface area (Å²) in [6, 6.07) is 10.7. The van der Waals surface area contributed by atoms with Gasteiger partial charge in [0, 0.05) is 23.4 Å². The summed E-state index contributed by atoms with van der Waals surface area (Å²) in [4.78, 5) is 12.5. The molecule has 2 aromatic heterocycles. The van der Waals surface area contributed by atoms with Crippen LogP contribution in [-0.2, 0) is 11.3 Å². The number of amides is 1. The number of aromatic nitrogens is 4. The molecule has 1 fully saturated rings. The number of carbonyl (C=O) groups excluding carboxylic acids is 1. The minimum Gasteiger partial charge on any atom is -0.307 e. The third-order valence-electron chi connectivity index (χ3n) is 5.88. The van der Waals surface area contributed by atoms with Crippen molar-refractivity contribution < 1.29 is 4.79 Å². The van der Waals surface area contributed by atoms with Crippen molar-refractivity contribution in [3.05, 3.63) is 70.7 Å². The van der Waals surface area contributed by atoms with Gasteiger partial charge < -0.3 is 5.32 Å². The quantitative estimate of drug-likeness (QED) is 0.600. The van der Waals surface area contributed by atoms with E-state index in [1.807, 2.05) is 35.4 Å². The standard InChI is InChI=1S/C24H29N5O/c1-17-8-10-20(11-9-17)16-28-19(3)22(18(2)27-28)12-13-24(30)26-23-14-15-25-29(23)21-6-4-5-7-21/h8-15,21H,4-7,16H2,1-3H3,(H,26,30)/b13-12+. The number of hydrogen-bond acceptors (Lipinski definition) is 3. The van der Waals surface area contributed by atoms with Crippen LogP contribution in [0.25, 0.3) is 6.08 Å². The molecule has 0 unspecified atom stereocenters. The molecule has 0 spiro atoms. The van der Waals surface area contributed by atoms with E-state index in [1.165, 1.54) is 24.0 Å². The fourth-order valence-electron chi connectivity index (χ4n) is 4.15. The summed E-state index contributed by atoms with van der Waals surface area (Å²) in [5.74, 6) is 0.611. The lowest BCUT2D eigenvalue weighted by atomic mass is 10.1. The summed E-state index contributed by atoms with van der Waals surface area (Å²) < 4.78 is 3.95. The molecule has 1 amide bonds. The van der Waals surface area contributed by atoms with Crippen LogP contribution >= 0.6 is 0 Å². The van der Waals surface area contributed by atoms with Crippen molar-refractivity contribution in [1.29, 1.82) is 0 Å². The van der Waals surface area contributed by atoms with Crippen LogP contribution in [0.5, 0.6) is 0 Å². The minimum absolute atomic E-state index is 0.153. The maximum atomic E-state index is 12.5. The molecular weight excluding hydrogens is 374 g/mol. The summed E-state index contributed by atoms with van der Waals surface area (Å²) in [6.45, 7) is 6.82. The van der Waals surface area contributed by atoms with E-state index >= 15 is 0 Å². The lowest BCUT2D eigenvalue weighted by Gasteiger charge is -2.13. The van der Waals surface area contributed by atoms with Crippen molar-refractivity contribution in [2.45, 2.75) is 59.0 Å². The Hall–Kier alpha value is -3.15. The number of benzene rings is 1. The number of anilines is 1. The largest absolute Gasteiger partial charge is 0.307 e. The van der Waals surface area contributed by atoms with Crippen LogP contribution in [0.3, 0.4) is 0 Å². The normalized spacial score (nSPS) is 14.6. The van der Waals surface area contributed by atoms with E-state index in [9.17, 15) is 4.79 Å². The van der Waals surface area contributed by atoms with E-state index in [0.29, 0.717) is 12.6 Å². The van der Waals surface area contributed by atoms with E-state index in [4.69, 9.17) is 0 Å². The fraction of sp³-hybridized carbons (Fsp3) is 0.375. The Balaban J connectivity index is 1.45. The van der Waals surface area contributed by atoms with Gasteiger partial charge in [0.05, 0.1) is 24.5 Å². The summed E-state index contributed by atoms with van der Waals surface area (Å²) in [6.07, 6.45) is 9.89. The van der Waals surface area contributed by atoms with Gasteiger partial charge in [0.1, 0.15) is 5.82 Å². The van der Waals surface area contributed by atoms with Gasteiger partial charge in [0.25, 0.3) is 0 Å². The zero-order chi connectivity index (χ0) is 21.1. The van der Waals surface area contributed by atoms with Crippen molar-refractivity contribution >= 4 is 17.8 Å². The Bertz CT molecular complexity index is 1050. The van der Waals surface area contributed by atoms with Gasteiger partial charge >= 0.3 is 0 Å². The number of hydrogen-bond donors (Lipinski definition) is 1. The van der Waals surface area contributed by atoms with Crippen LogP contribution in [0, 0.1) is 20.8 Å². The van der Waals surface area contributed by atoms with E-state index in [-0.39, 0.29) is 5.91 Å². The van der Waals surface area contributed by atoms with Gasteiger partial charge in [-0.3, -0.25) is 9.48 Å².